The lowest BCUT2D eigenvalue weighted by Gasteiger charge is -2.02. The van der Waals surface area contributed by atoms with Gasteiger partial charge in [0.15, 0.2) is 0 Å². The van der Waals surface area contributed by atoms with Crippen LogP contribution in [-0.4, -0.2) is 10.2 Å². The maximum Gasteiger partial charge on any atom is 0.434 e. The van der Waals surface area contributed by atoms with Gasteiger partial charge in [0.25, 0.3) is 0 Å². The Hall–Kier alpha value is -1.06. The summed E-state index contributed by atoms with van der Waals surface area (Å²) in [7, 11) is 0. The summed E-state index contributed by atoms with van der Waals surface area (Å²) in [5, 5.41) is 6.05. The molecule has 1 heterocycles. The number of aromatic amines is 1. The van der Waals surface area contributed by atoms with E-state index in [2.05, 4.69) is 10.2 Å². The minimum Gasteiger partial charge on any atom is -0.392 e. The van der Waals surface area contributed by atoms with Crippen molar-refractivity contribution in [3.8, 4) is 0 Å². The zero-order valence-electron chi connectivity index (χ0n) is 6.88. The fourth-order valence-electron chi connectivity index (χ4n) is 1.81. The summed E-state index contributed by atoms with van der Waals surface area (Å²) < 4.78 is 4.82. The highest BCUT2D eigenvalue weighted by Gasteiger charge is 2.17. The van der Waals surface area contributed by atoms with Crippen molar-refractivity contribution in [2.45, 2.75) is 32.1 Å². The SMILES string of the molecule is O=c1[nH]nc(CC2CCCC2)o1. The van der Waals surface area contributed by atoms with E-state index in [0.717, 1.165) is 6.42 Å². The topological polar surface area (TPSA) is 58.9 Å². The average Bonchev–Trinajstić information content (AvgIpc) is 2.63. The van der Waals surface area contributed by atoms with Crippen LogP contribution >= 0.6 is 0 Å². The van der Waals surface area contributed by atoms with Crippen LogP contribution in [0, 0.1) is 5.92 Å². The highest BCUT2D eigenvalue weighted by Crippen LogP contribution is 2.26. The molecule has 1 N–H and O–H groups in total. The number of H-pyrrole nitrogens is 1. The van der Waals surface area contributed by atoms with Gasteiger partial charge in [-0.25, -0.2) is 9.89 Å². The van der Waals surface area contributed by atoms with E-state index in [1.807, 2.05) is 0 Å². The summed E-state index contributed by atoms with van der Waals surface area (Å²) in [6, 6.07) is 0. The van der Waals surface area contributed by atoms with Crippen LogP contribution in [-0.2, 0) is 6.42 Å². The first kappa shape index (κ1) is 7.58. The maximum absolute atomic E-state index is 10.6. The largest absolute Gasteiger partial charge is 0.434 e. The molecule has 0 saturated heterocycles. The molecule has 1 aromatic heterocycles. The standard InChI is InChI=1S/C8H12N2O2/c11-8-10-9-7(12-8)5-6-3-1-2-4-6/h6H,1-5H2,(H,10,11). The molecule has 1 aliphatic rings. The van der Waals surface area contributed by atoms with Gasteiger partial charge >= 0.3 is 5.76 Å². The van der Waals surface area contributed by atoms with Crippen molar-refractivity contribution >= 4 is 0 Å². The monoisotopic (exact) mass is 168 g/mol. The van der Waals surface area contributed by atoms with Gasteiger partial charge in [-0.05, 0) is 18.8 Å². The van der Waals surface area contributed by atoms with Crippen molar-refractivity contribution in [1.29, 1.82) is 0 Å². The summed E-state index contributed by atoms with van der Waals surface area (Å²) in [5.41, 5.74) is 0. The van der Waals surface area contributed by atoms with E-state index in [1.54, 1.807) is 0 Å². The normalized spacial score (nSPS) is 18.7. The second kappa shape index (κ2) is 3.13. The number of aromatic nitrogens is 2. The molecule has 1 saturated carbocycles. The van der Waals surface area contributed by atoms with Crippen molar-refractivity contribution in [3.05, 3.63) is 16.4 Å². The number of nitrogens with zero attached hydrogens (tertiary/aromatic N) is 1. The van der Waals surface area contributed by atoms with Crippen molar-refractivity contribution in [3.63, 3.8) is 0 Å². The Balaban J connectivity index is 1.98. The molecule has 0 unspecified atom stereocenters. The molecule has 0 aromatic carbocycles. The van der Waals surface area contributed by atoms with E-state index >= 15 is 0 Å². The molecule has 12 heavy (non-hydrogen) atoms. The van der Waals surface area contributed by atoms with E-state index in [-0.39, 0.29) is 0 Å². The minimum absolute atomic E-state index is 0.442. The molecule has 0 spiro atoms. The lowest BCUT2D eigenvalue weighted by molar-refractivity contribution is 0.414. The quantitative estimate of drug-likeness (QED) is 0.719. The molecule has 4 nitrogen and oxygen atoms in total. The van der Waals surface area contributed by atoms with Crippen molar-refractivity contribution < 1.29 is 4.42 Å². The van der Waals surface area contributed by atoms with Gasteiger partial charge in [-0.1, -0.05) is 12.8 Å². The molecule has 1 aliphatic carbocycles. The molecule has 1 aromatic rings. The molecule has 0 bridgehead atoms. The van der Waals surface area contributed by atoms with Gasteiger partial charge < -0.3 is 4.42 Å². The summed E-state index contributed by atoms with van der Waals surface area (Å²) in [6.07, 6.45) is 5.92. The van der Waals surface area contributed by atoms with Crippen molar-refractivity contribution in [2.75, 3.05) is 0 Å². The fraction of sp³-hybridized carbons (Fsp3) is 0.750. The van der Waals surface area contributed by atoms with E-state index in [0.29, 0.717) is 11.8 Å². The molecule has 0 atom stereocenters. The first-order chi connectivity index (χ1) is 5.84. The number of hydrogen-bond donors (Lipinski definition) is 1. The second-order valence-corrected chi connectivity index (χ2v) is 3.36. The van der Waals surface area contributed by atoms with Crippen LogP contribution in [0.1, 0.15) is 31.6 Å². The van der Waals surface area contributed by atoms with Gasteiger partial charge in [-0.2, -0.15) is 0 Å². The van der Waals surface area contributed by atoms with Gasteiger partial charge in [0.1, 0.15) is 0 Å². The lowest BCUT2D eigenvalue weighted by atomic mass is 10.0. The maximum atomic E-state index is 10.6. The zero-order valence-corrected chi connectivity index (χ0v) is 6.88. The first-order valence-electron chi connectivity index (χ1n) is 4.39. The predicted octanol–water partition coefficient (Wildman–Crippen LogP) is 1.10. The van der Waals surface area contributed by atoms with Crippen LogP contribution in [0.15, 0.2) is 9.21 Å². The van der Waals surface area contributed by atoms with Crippen molar-refractivity contribution in [1.82, 2.24) is 10.2 Å². The Morgan fingerprint density at radius 1 is 1.50 bits per heavy atom. The van der Waals surface area contributed by atoms with Crippen molar-refractivity contribution in [2.24, 2.45) is 5.92 Å². The van der Waals surface area contributed by atoms with Crippen LogP contribution in [0.3, 0.4) is 0 Å². The molecular weight excluding hydrogens is 156 g/mol. The minimum atomic E-state index is -0.442. The highest BCUT2D eigenvalue weighted by molar-refractivity contribution is 4.80. The van der Waals surface area contributed by atoms with Gasteiger partial charge in [-0.15, -0.1) is 5.10 Å². The van der Waals surface area contributed by atoms with E-state index in [1.165, 1.54) is 25.7 Å². The third kappa shape index (κ3) is 1.57. The Labute approximate surface area is 70.0 Å². The van der Waals surface area contributed by atoms with Gasteiger partial charge in [-0.3, -0.25) is 0 Å². The molecule has 0 aliphatic heterocycles. The third-order valence-corrected chi connectivity index (χ3v) is 2.42. The number of nitrogens with one attached hydrogen (secondary N) is 1. The molecule has 66 valence electrons. The predicted molar refractivity (Wildman–Crippen MR) is 42.8 cm³/mol. The highest BCUT2D eigenvalue weighted by atomic mass is 16.4. The van der Waals surface area contributed by atoms with E-state index in [4.69, 9.17) is 4.42 Å². The summed E-state index contributed by atoms with van der Waals surface area (Å²) in [4.78, 5) is 10.6. The Kier molecular flexibility index (Phi) is 1.98. The fourth-order valence-corrected chi connectivity index (χ4v) is 1.81. The number of hydrogen-bond acceptors (Lipinski definition) is 3. The smallest absolute Gasteiger partial charge is 0.392 e. The van der Waals surface area contributed by atoms with E-state index in [9.17, 15) is 4.79 Å². The lowest BCUT2D eigenvalue weighted by Crippen LogP contribution is -1.98. The summed E-state index contributed by atoms with van der Waals surface area (Å²) in [5.74, 6) is 0.798. The van der Waals surface area contributed by atoms with Gasteiger partial charge in [0, 0.05) is 6.42 Å². The van der Waals surface area contributed by atoms with Crippen LogP contribution < -0.4 is 5.76 Å². The van der Waals surface area contributed by atoms with Crippen LogP contribution in [0.5, 0.6) is 0 Å². The molecule has 0 radical (unpaired) electrons. The van der Waals surface area contributed by atoms with Crippen LogP contribution in [0.2, 0.25) is 0 Å². The molecule has 1 fully saturated rings. The average molecular weight is 168 g/mol. The van der Waals surface area contributed by atoms with Gasteiger partial charge in [0.05, 0.1) is 0 Å². The Morgan fingerprint density at radius 3 is 2.83 bits per heavy atom. The second-order valence-electron chi connectivity index (χ2n) is 3.36. The third-order valence-electron chi connectivity index (χ3n) is 2.42. The molecule has 2 rings (SSSR count). The summed E-state index contributed by atoms with van der Waals surface area (Å²) >= 11 is 0. The Morgan fingerprint density at radius 2 is 2.25 bits per heavy atom. The van der Waals surface area contributed by atoms with E-state index < -0.39 is 5.76 Å². The zero-order chi connectivity index (χ0) is 8.39. The van der Waals surface area contributed by atoms with Crippen LogP contribution in [0.4, 0.5) is 0 Å². The molecule has 0 amide bonds. The molecular formula is C8H12N2O2. The number of rotatable bonds is 2. The first-order valence-corrected chi connectivity index (χ1v) is 4.39. The molecule has 4 heteroatoms. The Bertz CT molecular complexity index is 296. The summed E-state index contributed by atoms with van der Waals surface area (Å²) in [6.45, 7) is 0. The van der Waals surface area contributed by atoms with Crippen LogP contribution in [0.25, 0.3) is 0 Å². The van der Waals surface area contributed by atoms with Gasteiger partial charge in [0.2, 0.25) is 5.89 Å².